The van der Waals surface area contributed by atoms with E-state index < -0.39 is 18.3 Å². The van der Waals surface area contributed by atoms with E-state index in [2.05, 4.69) is 135 Å². The molecule has 0 heterocycles. The van der Waals surface area contributed by atoms with E-state index in [9.17, 15) is 0 Å². The molecule has 0 aliphatic heterocycles. The number of rotatable bonds is 4. The van der Waals surface area contributed by atoms with E-state index in [0.29, 0.717) is 11.3 Å². The summed E-state index contributed by atoms with van der Waals surface area (Å²) in [7, 11) is 0. The van der Waals surface area contributed by atoms with Crippen molar-refractivity contribution in [2.45, 2.75) is 130 Å². The Hall–Kier alpha value is -1.53. The van der Waals surface area contributed by atoms with Crippen molar-refractivity contribution in [3.05, 3.63) is 102 Å². The fourth-order valence-corrected chi connectivity index (χ4v) is 27.9. The standard InChI is InChI=1S/C23H29.C17H23.C7H7.CH3.CH2.2ClH.Zr/c1-14-9-16-11-17-10-15(2)21(23(6,7)8)13-19(17)18(16)12-20(14)22(3,4)5;1-11-3-4-14(5-11)17(2)15-7-12-6-13(9-15)10-16(17)8-12;1-7-5-3-2-4-6-7;;;;;/h9,12-13H,11H2,1-8H3;4-5,11-13,15-16H,6-10H2,1-2H3;3-6H,1H3;1H3;1H2;2*1H;. The van der Waals surface area contributed by atoms with Crippen LogP contribution in [0.2, 0.25) is 4.63 Å². The zero-order chi connectivity index (χ0) is 35.9. The van der Waals surface area contributed by atoms with Crippen LogP contribution in [0.5, 0.6) is 0 Å². The van der Waals surface area contributed by atoms with Crippen molar-refractivity contribution in [3.8, 4) is 11.1 Å². The molecule has 6 aliphatic carbocycles. The normalized spacial score (nSPS) is 27.8. The van der Waals surface area contributed by atoms with Gasteiger partial charge in [0.05, 0.1) is 0 Å². The number of aryl methyl sites for hydroxylation is 2. The van der Waals surface area contributed by atoms with Crippen LogP contribution >= 0.6 is 24.8 Å². The van der Waals surface area contributed by atoms with Crippen LogP contribution < -0.4 is 6.54 Å². The Morgan fingerprint density at radius 1 is 0.750 bits per heavy atom. The first-order chi connectivity index (χ1) is 23.2. The van der Waals surface area contributed by atoms with Crippen molar-refractivity contribution >= 4 is 35.6 Å². The molecule has 0 spiro atoms. The predicted molar refractivity (Wildman–Crippen MR) is 230 cm³/mol. The number of halogens is 2. The summed E-state index contributed by atoms with van der Waals surface area (Å²) in [5.74, 6) is 4.07. The zero-order valence-electron chi connectivity index (χ0n) is 34.3. The Morgan fingerprint density at radius 2 is 1.29 bits per heavy atom. The molecule has 0 aromatic heterocycles. The monoisotopic (exact) mass is 814 g/mol. The van der Waals surface area contributed by atoms with Gasteiger partial charge in [0, 0.05) is 0 Å². The predicted octanol–water partition coefficient (Wildman–Crippen LogP) is 12.7. The average molecular weight is 817 g/mol. The van der Waals surface area contributed by atoms with Gasteiger partial charge in [0.25, 0.3) is 0 Å². The van der Waals surface area contributed by atoms with E-state index in [4.69, 9.17) is 4.21 Å². The van der Waals surface area contributed by atoms with E-state index >= 15 is 0 Å². The van der Waals surface area contributed by atoms with Crippen LogP contribution in [-0.4, -0.2) is 4.21 Å². The third-order valence-electron chi connectivity index (χ3n) is 15.4. The van der Waals surface area contributed by atoms with Crippen LogP contribution in [0.3, 0.4) is 0 Å². The van der Waals surface area contributed by atoms with Gasteiger partial charge < -0.3 is 0 Å². The van der Waals surface area contributed by atoms with Crippen LogP contribution in [0.1, 0.15) is 126 Å². The van der Waals surface area contributed by atoms with Gasteiger partial charge in [0.1, 0.15) is 0 Å². The summed E-state index contributed by atoms with van der Waals surface area (Å²) in [6.45, 7) is 26.7. The fraction of sp³-hybridized carbons (Fsp3) is 0.531. The molecule has 6 aliphatic rings. The number of hydrogen-bond donors (Lipinski definition) is 0. The molecule has 3 aromatic rings. The molecule has 3 heteroatoms. The third kappa shape index (κ3) is 5.70. The molecule has 0 amide bonds. The van der Waals surface area contributed by atoms with Crippen LogP contribution in [0, 0.1) is 55.8 Å². The second kappa shape index (κ2) is 12.8. The summed E-state index contributed by atoms with van der Waals surface area (Å²) >= 11 is -4.56. The van der Waals surface area contributed by atoms with Crippen molar-refractivity contribution in [1.29, 1.82) is 0 Å². The average Bonchev–Trinajstić information content (AvgIpc) is 3.58. The Morgan fingerprint density at radius 3 is 1.83 bits per heavy atom. The van der Waals surface area contributed by atoms with Gasteiger partial charge in [-0.05, 0) is 0 Å². The Kier molecular flexibility index (Phi) is 9.85. The van der Waals surface area contributed by atoms with Gasteiger partial charge in [-0.1, -0.05) is 0 Å². The molecule has 3 aromatic carbocycles. The van der Waals surface area contributed by atoms with Gasteiger partial charge in [-0.15, -0.1) is 24.8 Å². The molecule has 9 rings (SSSR count). The second-order valence-electron chi connectivity index (χ2n) is 20.9. The summed E-state index contributed by atoms with van der Waals surface area (Å²) in [5.41, 5.74) is 15.4. The molecule has 4 bridgehead atoms. The molecule has 4 fully saturated rings. The van der Waals surface area contributed by atoms with Crippen molar-refractivity contribution in [2.24, 2.45) is 35.0 Å². The molecule has 0 N–H and O–H groups in total. The Labute approximate surface area is 330 Å². The molecule has 0 radical (unpaired) electrons. The molecule has 0 nitrogen and oxygen atoms in total. The Bertz CT molecular complexity index is 2050. The Balaban J connectivity index is 0.00000232. The molecular weight excluding hydrogens is 751 g/mol. The molecular formula is C49H66Cl2Zr. The summed E-state index contributed by atoms with van der Waals surface area (Å²) in [5, 5.41) is 0. The zero-order valence-corrected chi connectivity index (χ0v) is 38.4. The van der Waals surface area contributed by atoms with Crippen molar-refractivity contribution in [1.82, 2.24) is 0 Å². The minimum atomic E-state index is -4.56. The van der Waals surface area contributed by atoms with Gasteiger partial charge in [-0.25, -0.2) is 0 Å². The van der Waals surface area contributed by atoms with E-state index in [1.807, 2.05) is 0 Å². The molecule has 1 unspecified atom stereocenters. The van der Waals surface area contributed by atoms with Gasteiger partial charge in [-0.2, -0.15) is 0 Å². The van der Waals surface area contributed by atoms with E-state index in [-0.39, 0.29) is 35.6 Å². The fourth-order valence-electron chi connectivity index (χ4n) is 13.1. The topological polar surface area (TPSA) is 0 Å². The summed E-state index contributed by atoms with van der Waals surface area (Å²) < 4.78 is 13.4. The van der Waals surface area contributed by atoms with Crippen LogP contribution in [0.25, 0.3) is 11.1 Å². The van der Waals surface area contributed by atoms with E-state index in [1.165, 1.54) is 79.9 Å². The SMILES string of the molecule is Cl.Cl.[CH2]=[Zr]([CH3])([C]1=CC(C2(C)C3CC4CC(C3)CC2C4)=CC1C)([c]1ccc(C)cc1)[c]1c(C)c(C(C)(C)C)cc2c1Cc1cc(C)c(C(C)(C)C)cc1-2. The number of fused-ring (bicyclic) bond motifs is 3. The number of hydrogen-bond acceptors (Lipinski definition) is 0. The van der Waals surface area contributed by atoms with Gasteiger partial charge in [0.2, 0.25) is 0 Å². The van der Waals surface area contributed by atoms with Crippen LogP contribution in [0.4, 0.5) is 0 Å². The van der Waals surface area contributed by atoms with Crippen molar-refractivity contribution in [2.75, 3.05) is 0 Å². The first-order valence-electron chi connectivity index (χ1n) is 20.1. The quantitative estimate of drug-likeness (QED) is 0.192. The van der Waals surface area contributed by atoms with Crippen molar-refractivity contribution in [3.63, 3.8) is 0 Å². The maximum atomic E-state index is 5.80. The van der Waals surface area contributed by atoms with E-state index in [0.717, 1.165) is 30.1 Å². The summed E-state index contributed by atoms with van der Waals surface area (Å²) in [6, 6.07) is 17.5. The molecule has 0 saturated heterocycles. The van der Waals surface area contributed by atoms with Gasteiger partial charge >= 0.3 is 308 Å². The molecule has 280 valence electrons. The minimum absolute atomic E-state index is 0. The summed E-state index contributed by atoms with van der Waals surface area (Å²) in [4.78, 5) is 0. The first-order valence-corrected chi connectivity index (χ1v) is 28.0. The van der Waals surface area contributed by atoms with Crippen LogP contribution in [0.15, 0.2) is 63.5 Å². The summed E-state index contributed by atoms with van der Waals surface area (Å²) in [6.07, 6.45) is 13.9. The molecule has 52 heavy (non-hydrogen) atoms. The molecule has 1 atom stereocenters. The second-order valence-corrected chi connectivity index (χ2v) is 34.9. The van der Waals surface area contributed by atoms with Crippen molar-refractivity contribution < 1.29 is 18.3 Å². The number of allylic oxidation sites excluding steroid dienone is 4. The number of benzene rings is 3. The van der Waals surface area contributed by atoms with E-state index in [1.54, 1.807) is 17.7 Å². The maximum absolute atomic E-state index is 5.80. The van der Waals surface area contributed by atoms with Gasteiger partial charge in [0.15, 0.2) is 0 Å². The molecule has 4 saturated carbocycles. The first kappa shape index (κ1) is 40.1. The van der Waals surface area contributed by atoms with Gasteiger partial charge in [-0.3, -0.25) is 0 Å². The van der Waals surface area contributed by atoms with Crippen LogP contribution in [-0.2, 0) is 35.5 Å². The third-order valence-corrected chi connectivity index (χ3v) is 30.4.